The zero-order valence-electron chi connectivity index (χ0n) is 10.5. The average molecular weight is 209 g/mol. The van der Waals surface area contributed by atoms with E-state index in [2.05, 4.69) is 34.3 Å². The minimum Gasteiger partial charge on any atom is -0.335 e. The molecule has 0 aromatic heterocycles. The van der Waals surface area contributed by atoms with Gasteiger partial charge in [0.15, 0.2) is 0 Å². The van der Waals surface area contributed by atoms with Crippen molar-refractivity contribution in [3.05, 3.63) is 12.2 Å². The summed E-state index contributed by atoms with van der Waals surface area (Å²) in [6.07, 6.45) is 2.90. The maximum atomic E-state index is 12.0. The molecule has 1 saturated heterocycles. The summed E-state index contributed by atoms with van der Waals surface area (Å²) in [5.41, 5.74) is 0.964. The summed E-state index contributed by atoms with van der Waals surface area (Å²) in [5, 5.41) is 0. The number of carbonyl (C=O) groups excluding carboxylic acids is 1. The molecular weight excluding hydrogens is 186 g/mol. The fraction of sp³-hybridized carbons (Fsp3) is 0.769. The van der Waals surface area contributed by atoms with Gasteiger partial charge in [0.2, 0.25) is 5.91 Å². The van der Waals surface area contributed by atoms with Crippen LogP contribution in [-0.4, -0.2) is 23.4 Å². The first-order valence-electron chi connectivity index (χ1n) is 5.90. The minimum absolute atomic E-state index is 0.169. The Morgan fingerprint density at radius 2 is 1.93 bits per heavy atom. The van der Waals surface area contributed by atoms with E-state index in [1.807, 2.05) is 4.90 Å². The molecule has 0 radical (unpaired) electrons. The van der Waals surface area contributed by atoms with Gasteiger partial charge in [-0.1, -0.05) is 34.3 Å². The van der Waals surface area contributed by atoms with Crippen LogP contribution in [0.25, 0.3) is 0 Å². The van der Waals surface area contributed by atoms with Crippen molar-refractivity contribution in [1.82, 2.24) is 4.90 Å². The second-order valence-electron chi connectivity index (χ2n) is 5.35. The molecule has 0 spiro atoms. The molecule has 0 N–H and O–H groups in total. The van der Waals surface area contributed by atoms with E-state index in [1.54, 1.807) is 0 Å². The molecule has 1 amide bonds. The maximum absolute atomic E-state index is 12.0. The quantitative estimate of drug-likeness (QED) is 0.654. The third kappa shape index (κ3) is 2.61. The minimum atomic E-state index is 0.169. The lowest BCUT2D eigenvalue weighted by Crippen LogP contribution is -2.49. The van der Waals surface area contributed by atoms with Crippen molar-refractivity contribution in [2.45, 2.75) is 53.0 Å². The van der Waals surface area contributed by atoms with Crippen molar-refractivity contribution < 1.29 is 4.79 Å². The molecule has 0 saturated carbocycles. The zero-order valence-corrected chi connectivity index (χ0v) is 10.5. The number of piperidine rings is 1. The summed E-state index contributed by atoms with van der Waals surface area (Å²) in [7, 11) is 0. The molecule has 0 aliphatic carbocycles. The number of likely N-dealkylation sites (tertiary alicyclic amines) is 1. The van der Waals surface area contributed by atoms with E-state index in [1.165, 1.54) is 0 Å². The van der Waals surface area contributed by atoms with Crippen LogP contribution < -0.4 is 0 Å². The van der Waals surface area contributed by atoms with Crippen molar-refractivity contribution in [3.8, 4) is 0 Å². The van der Waals surface area contributed by atoms with E-state index >= 15 is 0 Å². The Bertz CT molecular complexity index is 264. The molecule has 1 rings (SSSR count). The predicted molar refractivity (Wildman–Crippen MR) is 63.6 cm³/mol. The second-order valence-corrected chi connectivity index (χ2v) is 5.35. The van der Waals surface area contributed by atoms with Crippen molar-refractivity contribution in [1.29, 1.82) is 0 Å². The summed E-state index contributed by atoms with van der Waals surface area (Å²) in [5.74, 6) is 0.169. The molecule has 0 aromatic rings. The third-order valence-electron chi connectivity index (χ3n) is 3.24. The second kappa shape index (κ2) is 4.38. The normalized spacial score (nSPS) is 21.3. The van der Waals surface area contributed by atoms with Gasteiger partial charge in [-0.3, -0.25) is 4.79 Å². The van der Waals surface area contributed by atoms with Crippen LogP contribution in [0.15, 0.2) is 12.2 Å². The average Bonchev–Trinajstić information content (AvgIpc) is 2.14. The van der Waals surface area contributed by atoms with Crippen molar-refractivity contribution in [2.24, 2.45) is 5.41 Å². The van der Waals surface area contributed by atoms with Gasteiger partial charge in [-0.15, -0.1) is 0 Å². The number of hydrogen-bond donors (Lipinski definition) is 0. The van der Waals surface area contributed by atoms with Crippen LogP contribution in [0.3, 0.4) is 0 Å². The van der Waals surface area contributed by atoms with Crippen LogP contribution >= 0.6 is 0 Å². The maximum Gasteiger partial charge on any atom is 0.249 e. The zero-order chi connectivity index (χ0) is 11.6. The standard InChI is InChI=1S/C13H23NO/c1-6-11(7-2)14-9-13(4,5)8-10(3)12(14)15/h11H,3,6-9H2,1-2,4-5H3. The van der Waals surface area contributed by atoms with Gasteiger partial charge in [-0.25, -0.2) is 0 Å². The fourth-order valence-electron chi connectivity index (χ4n) is 2.47. The Morgan fingerprint density at radius 1 is 1.40 bits per heavy atom. The molecule has 1 aliphatic rings. The third-order valence-corrected chi connectivity index (χ3v) is 3.24. The highest BCUT2D eigenvalue weighted by atomic mass is 16.2. The Balaban J connectivity index is 2.86. The highest BCUT2D eigenvalue weighted by Gasteiger charge is 2.36. The Hall–Kier alpha value is -0.790. The number of amides is 1. The number of hydrogen-bond acceptors (Lipinski definition) is 1. The van der Waals surface area contributed by atoms with Gasteiger partial charge in [-0.05, 0) is 24.7 Å². The van der Waals surface area contributed by atoms with E-state index in [0.29, 0.717) is 6.04 Å². The first-order valence-corrected chi connectivity index (χ1v) is 5.90. The lowest BCUT2D eigenvalue weighted by Gasteiger charge is -2.42. The molecule has 0 aromatic carbocycles. The van der Waals surface area contributed by atoms with Gasteiger partial charge in [0.05, 0.1) is 0 Å². The van der Waals surface area contributed by atoms with Crippen LogP contribution in [0.2, 0.25) is 0 Å². The van der Waals surface area contributed by atoms with Crippen LogP contribution in [0.1, 0.15) is 47.0 Å². The first kappa shape index (κ1) is 12.3. The van der Waals surface area contributed by atoms with Gasteiger partial charge in [0, 0.05) is 18.2 Å². The van der Waals surface area contributed by atoms with Crippen LogP contribution in [0.5, 0.6) is 0 Å². The molecule has 1 heterocycles. The van der Waals surface area contributed by atoms with E-state index in [4.69, 9.17) is 0 Å². The van der Waals surface area contributed by atoms with Crippen LogP contribution in [-0.2, 0) is 4.79 Å². The van der Waals surface area contributed by atoms with E-state index in [-0.39, 0.29) is 11.3 Å². The topological polar surface area (TPSA) is 20.3 Å². The fourth-order valence-corrected chi connectivity index (χ4v) is 2.47. The smallest absolute Gasteiger partial charge is 0.249 e. The summed E-state index contributed by atoms with van der Waals surface area (Å²) >= 11 is 0. The SMILES string of the molecule is C=C1CC(C)(C)CN(C(CC)CC)C1=O. The largest absolute Gasteiger partial charge is 0.335 e. The summed E-state index contributed by atoms with van der Waals surface area (Å²) in [6.45, 7) is 13.5. The van der Waals surface area contributed by atoms with Crippen molar-refractivity contribution in [2.75, 3.05) is 6.54 Å². The summed E-state index contributed by atoms with van der Waals surface area (Å²) in [4.78, 5) is 14.0. The van der Waals surface area contributed by atoms with Gasteiger partial charge in [0.25, 0.3) is 0 Å². The van der Waals surface area contributed by atoms with Gasteiger partial charge in [-0.2, -0.15) is 0 Å². The van der Waals surface area contributed by atoms with Gasteiger partial charge < -0.3 is 4.90 Å². The predicted octanol–water partition coefficient (Wildman–Crippen LogP) is 2.99. The lowest BCUT2D eigenvalue weighted by atomic mass is 9.81. The Morgan fingerprint density at radius 3 is 2.40 bits per heavy atom. The number of rotatable bonds is 3. The number of carbonyl (C=O) groups is 1. The monoisotopic (exact) mass is 209 g/mol. The molecule has 2 nitrogen and oxygen atoms in total. The molecule has 1 aliphatic heterocycles. The van der Waals surface area contributed by atoms with E-state index in [9.17, 15) is 4.79 Å². The Labute approximate surface area is 93.3 Å². The summed E-state index contributed by atoms with van der Waals surface area (Å²) < 4.78 is 0. The highest BCUT2D eigenvalue weighted by Crippen LogP contribution is 2.33. The van der Waals surface area contributed by atoms with Crippen LogP contribution in [0.4, 0.5) is 0 Å². The molecule has 15 heavy (non-hydrogen) atoms. The van der Waals surface area contributed by atoms with Crippen LogP contribution in [0, 0.1) is 5.41 Å². The molecular formula is C13H23NO. The van der Waals surface area contributed by atoms with Gasteiger partial charge >= 0.3 is 0 Å². The van der Waals surface area contributed by atoms with Gasteiger partial charge in [0.1, 0.15) is 0 Å². The lowest BCUT2D eigenvalue weighted by molar-refractivity contribution is -0.134. The molecule has 0 unspecified atom stereocenters. The van der Waals surface area contributed by atoms with Crippen molar-refractivity contribution >= 4 is 5.91 Å². The molecule has 2 heteroatoms. The molecule has 86 valence electrons. The van der Waals surface area contributed by atoms with E-state index in [0.717, 1.165) is 31.4 Å². The number of nitrogens with zero attached hydrogens (tertiary/aromatic N) is 1. The highest BCUT2D eigenvalue weighted by molar-refractivity contribution is 5.94. The Kier molecular flexibility index (Phi) is 3.58. The molecule has 0 bridgehead atoms. The molecule has 0 atom stereocenters. The van der Waals surface area contributed by atoms with E-state index < -0.39 is 0 Å². The first-order chi connectivity index (χ1) is 6.91. The summed E-state index contributed by atoms with van der Waals surface area (Å²) in [6, 6.07) is 0.383. The van der Waals surface area contributed by atoms with Crippen molar-refractivity contribution in [3.63, 3.8) is 0 Å². The molecule has 1 fully saturated rings.